The lowest BCUT2D eigenvalue weighted by molar-refractivity contribution is 0.0696. The molecule has 15 heavy (non-hydrogen) atoms. The monoisotopic (exact) mass is 230 g/mol. The molecule has 1 aromatic rings. The Hall–Kier alpha value is -1.40. The minimum absolute atomic E-state index is 0.151. The average Bonchev–Trinajstić information content (AvgIpc) is 2.15. The minimum atomic E-state index is -4.35. The summed E-state index contributed by atoms with van der Waals surface area (Å²) in [6.07, 6.45) is 0.490. The van der Waals surface area contributed by atoms with Gasteiger partial charge in [0.1, 0.15) is 0 Å². The lowest BCUT2D eigenvalue weighted by atomic mass is 10.1. The van der Waals surface area contributed by atoms with Crippen molar-refractivity contribution in [1.29, 1.82) is 0 Å². The Bertz CT molecular complexity index is 489. The molecule has 0 unspecified atom stereocenters. The van der Waals surface area contributed by atoms with E-state index >= 15 is 0 Å². The van der Waals surface area contributed by atoms with Crippen LogP contribution in [0.2, 0.25) is 0 Å². The lowest BCUT2D eigenvalue weighted by Crippen LogP contribution is -2.04. The molecule has 0 amide bonds. The molecule has 0 saturated carbocycles. The van der Waals surface area contributed by atoms with Crippen LogP contribution in [0.15, 0.2) is 23.1 Å². The van der Waals surface area contributed by atoms with E-state index in [0.29, 0.717) is 12.0 Å². The summed E-state index contributed by atoms with van der Waals surface area (Å²) >= 11 is 0. The first-order valence-corrected chi connectivity index (χ1v) is 5.63. The van der Waals surface area contributed by atoms with Gasteiger partial charge >= 0.3 is 5.97 Å². The molecule has 0 saturated heterocycles. The number of carboxylic acid groups (broad SMARTS) is 1. The minimum Gasteiger partial charge on any atom is -0.478 e. The van der Waals surface area contributed by atoms with Gasteiger partial charge in [-0.05, 0) is 30.2 Å². The highest BCUT2D eigenvalue weighted by Crippen LogP contribution is 2.15. The van der Waals surface area contributed by atoms with E-state index in [1.807, 2.05) is 0 Å². The van der Waals surface area contributed by atoms with E-state index in [9.17, 15) is 13.2 Å². The van der Waals surface area contributed by atoms with Crippen LogP contribution >= 0.6 is 0 Å². The normalized spacial score (nSPS) is 11.3. The molecule has 0 aromatic heterocycles. The van der Waals surface area contributed by atoms with Crippen molar-refractivity contribution in [3.05, 3.63) is 29.3 Å². The Morgan fingerprint density at radius 1 is 1.33 bits per heavy atom. The number of carbonyl (C=O) groups is 1. The fourth-order valence-corrected chi connectivity index (χ4v) is 1.71. The van der Waals surface area contributed by atoms with E-state index in [2.05, 4.69) is 0 Å². The molecule has 0 fully saturated rings. The van der Waals surface area contributed by atoms with Gasteiger partial charge in [-0.15, -0.1) is 0 Å². The van der Waals surface area contributed by atoms with Crippen molar-refractivity contribution >= 4 is 16.1 Å². The molecule has 82 valence electrons. The quantitative estimate of drug-likeness (QED) is 0.761. The Morgan fingerprint density at radius 2 is 1.93 bits per heavy atom. The van der Waals surface area contributed by atoms with E-state index in [-0.39, 0.29) is 10.5 Å². The predicted octanol–water partition coefficient (Wildman–Crippen LogP) is 1.19. The Morgan fingerprint density at radius 3 is 2.33 bits per heavy atom. The Balaban J connectivity index is 3.43. The van der Waals surface area contributed by atoms with Crippen LogP contribution < -0.4 is 0 Å². The number of rotatable bonds is 3. The van der Waals surface area contributed by atoms with Crippen LogP contribution in [0.5, 0.6) is 0 Å². The van der Waals surface area contributed by atoms with E-state index in [4.69, 9.17) is 9.66 Å². The fourth-order valence-electron chi connectivity index (χ4n) is 1.14. The Labute approximate surface area is 87.1 Å². The van der Waals surface area contributed by atoms with Crippen molar-refractivity contribution in [3.63, 3.8) is 0 Å². The summed E-state index contributed by atoms with van der Waals surface area (Å²) in [6.45, 7) is 1.76. The smallest absolute Gasteiger partial charge is 0.335 e. The standard InChI is InChI=1S/C9H10O5S/c1-2-6-3-7(9(10)11)5-8(4-6)15(12,13)14/h3-5H,2H2,1H3,(H,10,11)(H,12,13,14). The van der Waals surface area contributed by atoms with Gasteiger partial charge in [-0.25, -0.2) is 4.79 Å². The molecule has 0 bridgehead atoms. The van der Waals surface area contributed by atoms with Gasteiger partial charge in [0, 0.05) is 0 Å². The molecule has 0 aliphatic carbocycles. The summed E-state index contributed by atoms with van der Waals surface area (Å²) in [5, 5.41) is 8.72. The molecule has 5 nitrogen and oxygen atoms in total. The van der Waals surface area contributed by atoms with E-state index in [1.165, 1.54) is 12.1 Å². The SMILES string of the molecule is CCc1cc(C(=O)O)cc(S(=O)(=O)O)c1. The van der Waals surface area contributed by atoms with Crippen molar-refractivity contribution < 1.29 is 22.9 Å². The molecule has 0 spiro atoms. The molecule has 0 heterocycles. The van der Waals surface area contributed by atoms with E-state index in [1.54, 1.807) is 6.92 Å². The zero-order chi connectivity index (χ0) is 11.6. The molecular formula is C9H10O5S. The maximum absolute atomic E-state index is 10.8. The zero-order valence-corrected chi connectivity index (χ0v) is 8.78. The predicted molar refractivity (Wildman–Crippen MR) is 52.6 cm³/mol. The molecular weight excluding hydrogens is 220 g/mol. The maximum atomic E-state index is 10.8. The molecule has 0 aliphatic heterocycles. The molecule has 0 radical (unpaired) electrons. The summed E-state index contributed by atoms with van der Waals surface area (Å²) in [5.74, 6) is -1.23. The third-order valence-electron chi connectivity index (χ3n) is 1.92. The van der Waals surface area contributed by atoms with Crippen LogP contribution in [0.3, 0.4) is 0 Å². The van der Waals surface area contributed by atoms with Crippen molar-refractivity contribution in [3.8, 4) is 0 Å². The lowest BCUT2D eigenvalue weighted by Gasteiger charge is -2.03. The average molecular weight is 230 g/mol. The molecule has 1 rings (SSSR count). The number of carboxylic acids is 1. The van der Waals surface area contributed by atoms with Gasteiger partial charge in [0.15, 0.2) is 0 Å². The van der Waals surface area contributed by atoms with Crippen LogP contribution in [0, 0.1) is 0 Å². The van der Waals surface area contributed by atoms with Gasteiger partial charge < -0.3 is 5.11 Å². The number of aromatic carboxylic acids is 1. The molecule has 0 atom stereocenters. The maximum Gasteiger partial charge on any atom is 0.335 e. The highest BCUT2D eigenvalue weighted by atomic mass is 32.2. The molecule has 2 N–H and O–H groups in total. The van der Waals surface area contributed by atoms with Crippen molar-refractivity contribution in [2.45, 2.75) is 18.2 Å². The summed E-state index contributed by atoms with van der Waals surface area (Å²) < 4.78 is 30.5. The van der Waals surface area contributed by atoms with Crippen molar-refractivity contribution in [2.75, 3.05) is 0 Å². The first-order chi connectivity index (χ1) is 6.84. The molecule has 6 heteroatoms. The Kier molecular flexibility index (Phi) is 3.11. The van der Waals surface area contributed by atoms with Crippen LogP contribution in [-0.4, -0.2) is 24.0 Å². The van der Waals surface area contributed by atoms with E-state index < -0.39 is 16.1 Å². The topological polar surface area (TPSA) is 91.7 Å². The second-order valence-corrected chi connectivity index (χ2v) is 4.42. The highest BCUT2D eigenvalue weighted by Gasteiger charge is 2.14. The summed E-state index contributed by atoms with van der Waals surface area (Å²) in [4.78, 5) is 10.3. The summed E-state index contributed by atoms with van der Waals surface area (Å²) in [5.41, 5.74) is 0.393. The van der Waals surface area contributed by atoms with Crippen LogP contribution in [0.1, 0.15) is 22.8 Å². The molecule has 0 aliphatic rings. The number of hydrogen-bond acceptors (Lipinski definition) is 3. The largest absolute Gasteiger partial charge is 0.478 e. The van der Waals surface area contributed by atoms with Gasteiger partial charge in [0.25, 0.3) is 10.1 Å². The summed E-state index contributed by atoms with van der Waals surface area (Å²) in [6, 6.07) is 3.55. The van der Waals surface area contributed by atoms with Crippen molar-refractivity contribution in [1.82, 2.24) is 0 Å². The van der Waals surface area contributed by atoms with Crippen molar-refractivity contribution in [2.24, 2.45) is 0 Å². The van der Waals surface area contributed by atoms with Gasteiger partial charge in [-0.1, -0.05) is 6.92 Å². The second-order valence-electron chi connectivity index (χ2n) is 3.00. The molecule has 1 aromatic carbocycles. The van der Waals surface area contributed by atoms with Crippen LogP contribution in [0.4, 0.5) is 0 Å². The van der Waals surface area contributed by atoms with Crippen LogP contribution in [-0.2, 0) is 16.5 Å². The number of hydrogen-bond donors (Lipinski definition) is 2. The highest BCUT2D eigenvalue weighted by molar-refractivity contribution is 7.85. The van der Waals surface area contributed by atoms with Gasteiger partial charge in [-0.2, -0.15) is 8.42 Å². The summed E-state index contributed by atoms with van der Waals surface area (Å²) in [7, 11) is -4.35. The second kappa shape index (κ2) is 4.00. The van der Waals surface area contributed by atoms with Crippen LogP contribution in [0.25, 0.3) is 0 Å². The first kappa shape index (κ1) is 11.7. The number of aryl methyl sites for hydroxylation is 1. The zero-order valence-electron chi connectivity index (χ0n) is 7.97. The van der Waals surface area contributed by atoms with Gasteiger partial charge in [0.2, 0.25) is 0 Å². The third-order valence-corrected chi connectivity index (χ3v) is 2.75. The first-order valence-electron chi connectivity index (χ1n) is 4.19. The van der Waals surface area contributed by atoms with Gasteiger partial charge in [0.05, 0.1) is 10.5 Å². The van der Waals surface area contributed by atoms with E-state index in [0.717, 1.165) is 6.07 Å². The number of benzene rings is 1. The fraction of sp³-hybridized carbons (Fsp3) is 0.222. The third kappa shape index (κ3) is 2.77. The van der Waals surface area contributed by atoms with Gasteiger partial charge in [-0.3, -0.25) is 4.55 Å².